The van der Waals surface area contributed by atoms with Crippen LogP contribution in [0.5, 0.6) is 5.75 Å². The molecule has 116 valence electrons. The molecule has 2 N–H and O–H groups in total. The summed E-state index contributed by atoms with van der Waals surface area (Å²) in [5, 5.41) is 2.71. The van der Waals surface area contributed by atoms with Gasteiger partial charge >= 0.3 is 0 Å². The van der Waals surface area contributed by atoms with Crippen molar-refractivity contribution >= 4 is 15.9 Å². The largest absolute Gasteiger partial charge is 0.495 e. The zero-order valence-electron chi connectivity index (χ0n) is 12.2. The van der Waals surface area contributed by atoms with Crippen LogP contribution in [-0.4, -0.2) is 34.5 Å². The van der Waals surface area contributed by atoms with Crippen molar-refractivity contribution in [2.24, 2.45) is 5.92 Å². The number of benzene rings is 1. The summed E-state index contributed by atoms with van der Waals surface area (Å²) in [7, 11) is -2.22. The van der Waals surface area contributed by atoms with Gasteiger partial charge in [0, 0.05) is 19.0 Å². The minimum absolute atomic E-state index is 0.00216. The van der Waals surface area contributed by atoms with Crippen molar-refractivity contribution in [3.8, 4) is 5.75 Å². The summed E-state index contributed by atoms with van der Waals surface area (Å²) in [6.45, 7) is 2.24. The molecule has 1 saturated carbocycles. The van der Waals surface area contributed by atoms with Crippen LogP contribution in [0.2, 0.25) is 0 Å². The number of sulfonamides is 1. The highest BCUT2D eigenvalue weighted by atomic mass is 32.2. The highest BCUT2D eigenvalue weighted by Crippen LogP contribution is 2.28. The normalized spacial score (nSPS) is 14.8. The summed E-state index contributed by atoms with van der Waals surface area (Å²) < 4.78 is 32.1. The maximum atomic E-state index is 12.3. The standard InChI is InChI=1S/C14H20N2O4S/c1-10-3-6-12(20-2)13(9-10)21(18,19)16-8-7-15-14(17)11-4-5-11/h3,6,9,11,16H,4-5,7-8H2,1-2H3,(H,15,17). The smallest absolute Gasteiger partial charge is 0.244 e. The van der Waals surface area contributed by atoms with Gasteiger partial charge in [0.1, 0.15) is 10.6 Å². The van der Waals surface area contributed by atoms with E-state index in [0.29, 0.717) is 5.75 Å². The molecule has 2 rings (SSSR count). The predicted octanol–water partition coefficient (Wildman–Crippen LogP) is 0.808. The van der Waals surface area contributed by atoms with E-state index >= 15 is 0 Å². The fourth-order valence-electron chi connectivity index (χ4n) is 1.93. The fourth-order valence-corrected chi connectivity index (χ4v) is 3.22. The number of ether oxygens (including phenoxy) is 1. The van der Waals surface area contributed by atoms with Gasteiger partial charge in [0.05, 0.1) is 7.11 Å². The highest BCUT2D eigenvalue weighted by molar-refractivity contribution is 7.89. The van der Waals surface area contributed by atoms with Gasteiger partial charge in [0.15, 0.2) is 0 Å². The molecule has 0 aliphatic heterocycles. The molecule has 0 atom stereocenters. The lowest BCUT2D eigenvalue weighted by Gasteiger charge is -2.11. The quantitative estimate of drug-likeness (QED) is 0.730. The van der Waals surface area contributed by atoms with E-state index in [1.165, 1.54) is 7.11 Å². The average molecular weight is 312 g/mol. The molecule has 0 heterocycles. The topological polar surface area (TPSA) is 84.5 Å². The fraction of sp³-hybridized carbons (Fsp3) is 0.500. The average Bonchev–Trinajstić information content (AvgIpc) is 3.28. The van der Waals surface area contributed by atoms with Crippen LogP contribution in [0.3, 0.4) is 0 Å². The first-order valence-electron chi connectivity index (χ1n) is 6.86. The lowest BCUT2D eigenvalue weighted by Crippen LogP contribution is -2.35. The van der Waals surface area contributed by atoms with Crippen LogP contribution in [0.1, 0.15) is 18.4 Å². The van der Waals surface area contributed by atoms with Crippen LogP contribution in [0, 0.1) is 12.8 Å². The van der Waals surface area contributed by atoms with Crippen LogP contribution in [0.15, 0.2) is 23.1 Å². The maximum absolute atomic E-state index is 12.3. The number of carbonyl (C=O) groups is 1. The summed E-state index contributed by atoms with van der Waals surface area (Å²) in [4.78, 5) is 11.5. The van der Waals surface area contributed by atoms with E-state index in [1.54, 1.807) is 18.2 Å². The number of aryl methyl sites for hydroxylation is 1. The van der Waals surface area contributed by atoms with Crippen molar-refractivity contribution in [2.75, 3.05) is 20.2 Å². The lowest BCUT2D eigenvalue weighted by molar-refractivity contribution is -0.122. The summed E-state index contributed by atoms with van der Waals surface area (Å²) in [5.41, 5.74) is 0.832. The van der Waals surface area contributed by atoms with E-state index in [4.69, 9.17) is 4.74 Å². The van der Waals surface area contributed by atoms with Gasteiger partial charge < -0.3 is 10.1 Å². The molecule has 1 fully saturated rings. The van der Waals surface area contributed by atoms with Crippen molar-refractivity contribution in [2.45, 2.75) is 24.7 Å². The van der Waals surface area contributed by atoms with Crippen LogP contribution in [0.4, 0.5) is 0 Å². The zero-order valence-corrected chi connectivity index (χ0v) is 13.0. The van der Waals surface area contributed by atoms with Crippen molar-refractivity contribution < 1.29 is 17.9 Å². The summed E-state index contributed by atoms with van der Waals surface area (Å²) in [6, 6.07) is 4.97. The first kappa shape index (κ1) is 15.8. The Labute approximate surface area is 124 Å². The third-order valence-electron chi connectivity index (χ3n) is 3.27. The van der Waals surface area contributed by atoms with Gasteiger partial charge in [0.25, 0.3) is 0 Å². The maximum Gasteiger partial charge on any atom is 0.244 e. The van der Waals surface area contributed by atoms with Crippen LogP contribution in [-0.2, 0) is 14.8 Å². The van der Waals surface area contributed by atoms with E-state index in [2.05, 4.69) is 10.0 Å². The van der Waals surface area contributed by atoms with Gasteiger partial charge in [-0.15, -0.1) is 0 Å². The molecule has 0 saturated heterocycles. The molecular formula is C14H20N2O4S. The Hall–Kier alpha value is -1.60. The molecule has 1 amide bonds. The highest BCUT2D eigenvalue weighted by Gasteiger charge is 2.29. The van der Waals surface area contributed by atoms with Crippen LogP contribution in [0.25, 0.3) is 0 Å². The molecule has 7 heteroatoms. The molecule has 1 aliphatic carbocycles. The zero-order chi connectivity index (χ0) is 15.5. The first-order chi connectivity index (χ1) is 9.94. The van der Waals surface area contributed by atoms with E-state index in [1.807, 2.05) is 6.92 Å². The summed E-state index contributed by atoms with van der Waals surface area (Å²) >= 11 is 0. The molecule has 0 spiro atoms. The number of methoxy groups -OCH3 is 1. The summed E-state index contributed by atoms with van der Waals surface area (Å²) in [6.07, 6.45) is 1.86. The van der Waals surface area contributed by atoms with E-state index in [9.17, 15) is 13.2 Å². The van der Waals surface area contributed by atoms with Crippen LogP contribution < -0.4 is 14.8 Å². The minimum atomic E-state index is -3.65. The van der Waals surface area contributed by atoms with Crippen molar-refractivity contribution in [3.05, 3.63) is 23.8 Å². The molecule has 1 aromatic rings. The van der Waals surface area contributed by atoms with Gasteiger partial charge in [-0.2, -0.15) is 0 Å². The molecular weight excluding hydrogens is 292 g/mol. The lowest BCUT2D eigenvalue weighted by atomic mass is 10.2. The molecule has 0 radical (unpaired) electrons. The van der Waals surface area contributed by atoms with Crippen molar-refractivity contribution in [1.29, 1.82) is 0 Å². The molecule has 0 aromatic heterocycles. The molecule has 0 unspecified atom stereocenters. The third kappa shape index (κ3) is 4.18. The Morgan fingerprint density at radius 2 is 2.05 bits per heavy atom. The molecule has 0 bridgehead atoms. The van der Waals surface area contributed by atoms with Gasteiger partial charge in [-0.3, -0.25) is 4.79 Å². The number of amides is 1. The molecule has 1 aromatic carbocycles. The third-order valence-corrected chi connectivity index (χ3v) is 4.76. The second-order valence-electron chi connectivity index (χ2n) is 5.12. The Morgan fingerprint density at radius 3 is 2.67 bits per heavy atom. The Balaban J connectivity index is 1.94. The second-order valence-corrected chi connectivity index (χ2v) is 6.85. The Kier molecular flexibility index (Phi) is 4.84. The van der Waals surface area contributed by atoms with Gasteiger partial charge in [-0.25, -0.2) is 13.1 Å². The van der Waals surface area contributed by atoms with Crippen molar-refractivity contribution in [3.63, 3.8) is 0 Å². The second kappa shape index (κ2) is 6.44. The van der Waals surface area contributed by atoms with Gasteiger partial charge in [0.2, 0.25) is 15.9 Å². The minimum Gasteiger partial charge on any atom is -0.495 e. The SMILES string of the molecule is COc1ccc(C)cc1S(=O)(=O)NCCNC(=O)C1CC1. The van der Waals surface area contributed by atoms with Gasteiger partial charge in [-0.1, -0.05) is 6.07 Å². The monoisotopic (exact) mass is 312 g/mol. The first-order valence-corrected chi connectivity index (χ1v) is 8.34. The predicted molar refractivity (Wildman–Crippen MR) is 78.7 cm³/mol. The Morgan fingerprint density at radius 1 is 1.33 bits per heavy atom. The van der Waals surface area contributed by atoms with Gasteiger partial charge in [-0.05, 0) is 37.5 Å². The molecule has 21 heavy (non-hydrogen) atoms. The molecule has 6 nitrogen and oxygen atoms in total. The number of hydrogen-bond donors (Lipinski definition) is 2. The van der Waals surface area contributed by atoms with E-state index in [-0.39, 0.29) is 29.8 Å². The number of hydrogen-bond acceptors (Lipinski definition) is 4. The van der Waals surface area contributed by atoms with E-state index in [0.717, 1.165) is 18.4 Å². The summed E-state index contributed by atoms with van der Waals surface area (Å²) in [5.74, 6) is 0.427. The number of nitrogens with one attached hydrogen (secondary N) is 2. The Bertz CT molecular complexity index is 624. The number of rotatable bonds is 7. The number of carbonyl (C=O) groups excluding carboxylic acids is 1. The van der Waals surface area contributed by atoms with Crippen molar-refractivity contribution in [1.82, 2.24) is 10.0 Å². The van der Waals surface area contributed by atoms with E-state index < -0.39 is 10.0 Å². The van der Waals surface area contributed by atoms with Crippen LogP contribution >= 0.6 is 0 Å². The molecule has 1 aliphatic rings.